The first-order valence-electron chi connectivity index (χ1n) is 8.05. The predicted molar refractivity (Wildman–Crippen MR) is 107 cm³/mol. The summed E-state index contributed by atoms with van der Waals surface area (Å²) in [5, 5.41) is 12.0. The molecule has 3 aromatic rings. The highest BCUT2D eigenvalue weighted by molar-refractivity contribution is 7.99. The number of rotatable bonds is 7. The van der Waals surface area contributed by atoms with Crippen molar-refractivity contribution >= 4 is 35.0 Å². The van der Waals surface area contributed by atoms with E-state index < -0.39 is 0 Å². The topological polar surface area (TPSA) is 95.1 Å². The summed E-state index contributed by atoms with van der Waals surface area (Å²) in [5.41, 5.74) is 1.67. The smallest absolute Gasteiger partial charge is 0.234 e. The lowest BCUT2D eigenvalue weighted by Crippen LogP contribution is -2.17. The van der Waals surface area contributed by atoms with Crippen LogP contribution in [0.5, 0.6) is 5.75 Å². The summed E-state index contributed by atoms with van der Waals surface area (Å²) >= 11 is 7.12. The molecule has 0 fully saturated rings. The van der Waals surface area contributed by atoms with Gasteiger partial charge in [-0.05, 0) is 35.9 Å². The quantitative estimate of drug-likeness (QED) is 0.465. The molecule has 0 aliphatic heterocycles. The molecule has 0 unspecified atom stereocenters. The monoisotopic (exact) mass is 403 g/mol. The number of nitrogen functional groups attached to an aromatic ring is 1. The van der Waals surface area contributed by atoms with Gasteiger partial charge < -0.3 is 15.9 Å². The van der Waals surface area contributed by atoms with Crippen LogP contribution in [0.1, 0.15) is 11.4 Å². The van der Waals surface area contributed by atoms with Gasteiger partial charge in [-0.3, -0.25) is 4.79 Å². The molecule has 2 aromatic carbocycles. The van der Waals surface area contributed by atoms with Gasteiger partial charge >= 0.3 is 0 Å². The minimum absolute atomic E-state index is 0.157. The van der Waals surface area contributed by atoms with Crippen LogP contribution in [0.2, 0.25) is 5.02 Å². The lowest BCUT2D eigenvalue weighted by Gasteiger charge is -2.06. The van der Waals surface area contributed by atoms with Crippen molar-refractivity contribution in [3.8, 4) is 5.75 Å². The molecule has 0 bridgehead atoms. The molecule has 0 spiro atoms. The second-order valence-electron chi connectivity index (χ2n) is 5.64. The van der Waals surface area contributed by atoms with Gasteiger partial charge in [0.15, 0.2) is 5.82 Å². The minimum Gasteiger partial charge on any atom is -0.497 e. The van der Waals surface area contributed by atoms with Gasteiger partial charge in [0.25, 0.3) is 0 Å². The molecule has 3 N–H and O–H groups in total. The lowest BCUT2D eigenvalue weighted by atomic mass is 10.1. The summed E-state index contributed by atoms with van der Waals surface area (Å²) in [7, 11) is 1.62. The molecule has 3 rings (SSSR count). The number of carbonyl (C=O) groups is 1. The summed E-state index contributed by atoms with van der Waals surface area (Å²) in [6.07, 6.45) is 0.531. The number of thioether (sulfide) groups is 1. The van der Waals surface area contributed by atoms with Crippen molar-refractivity contribution < 1.29 is 9.53 Å². The largest absolute Gasteiger partial charge is 0.497 e. The first-order chi connectivity index (χ1) is 13.0. The number of benzene rings is 2. The Balaban J connectivity index is 1.57. The molecule has 0 saturated heterocycles. The van der Waals surface area contributed by atoms with E-state index in [4.69, 9.17) is 22.2 Å². The predicted octanol–water partition coefficient (Wildman–Crippen LogP) is 2.98. The molecule has 0 aliphatic rings. The van der Waals surface area contributed by atoms with Crippen LogP contribution in [0.15, 0.2) is 53.7 Å². The zero-order chi connectivity index (χ0) is 19.2. The highest BCUT2D eigenvalue weighted by Crippen LogP contribution is 2.19. The number of nitrogens with two attached hydrogens (primary N) is 1. The number of ether oxygens (including phenoxy) is 1. The van der Waals surface area contributed by atoms with Crippen LogP contribution in [0.25, 0.3) is 0 Å². The molecular formula is C18H18ClN5O2S. The standard InChI is InChI=1S/C18H18ClN5O2S/c1-26-15-7-5-12(6-8-15)9-16-22-23-18(24(16)20)27-11-17(25)21-14-4-2-3-13(19)10-14/h2-8,10H,9,11,20H2,1H3,(H,21,25). The molecule has 140 valence electrons. The number of aromatic nitrogens is 3. The Morgan fingerprint density at radius 2 is 2.04 bits per heavy atom. The van der Waals surface area contributed by atoms with Gasteiger partial charge in [0.2, 0.25) is 11.1 Å². The Bertz CT molecular complexity index is 930. The van der Waals surface area contributed by atoms with Crippen LogP contribution >= 0.6 is 23.4 Å². The Labute approximate surface area is 165 Å². The van der Waals surface area contributed by atoms with Crippen LogP contribution in [0.4, 0.5) is 5.69 Å². The number of carbonyl (C=O) groups excluding carboxylic acids is 1. The van der Waals surface area contributed by atoms with Crippen LogP contribution in [-0.4, -0.2) is 33.6 Å². The third kappa shape index (κ3) is 5.15. The van der Waals surface area contributed by atoms with Crippen molar-refractivity contribution in [2.45, 2.75) is 11.6 Å². The number of halogens is 1. The van der Waals surface area contributed by atoms with Gasteiger partial charge in [-0.25, -0.2) is 4.68 Å². The number of amides is 1. The maximum absolute atomic E-state index is 12.1. The first kappa shape index (κ1) is 19.1. The molecule has 0 atom stereocenters. The van der Waals surface area contributed by atoms with Crippen molar-refractivity contribution in [1.29, 1.82) is 0 Å². The van der Waals surface area contributed by atoms with Crippen LogP contribution in [0, 0.1) is 0 Å². The highest BCUT2D eigenvalue weighted by Gasteiger charge is 2.13. The Morgan fingerprint density at radius 3 is 2.74 bits per heavy atom. The van der Waals surface area contributed by atoms with E-state index in [2.05, 4.69) is 15.5 Å². The number of nitrogens with zero attached hydrogens (tertiary/aromatic N) is 3. The fourth-order valence-electron chi connectivity index (χ4n) is 2.35. The van der Waals surface area contributed by atoms with Crippen molar-refractivity contribution in [1.82, 2.24) is 14.9 Å². The molecule has 9 heteroatoms. The van der Waals surface area contributed by atoms with E-state index in [9.17, 15) is 4.79 Å². The minimum atomic E-state index is -0.179. The van der Waals surface area contributed by atoms with E-state index >= 15 is 0 Å². The Morgan fingerprint density at radius 1 is 1.26 bits per heavy atom. The average Bonchev–Trinajstić information content (AvgIpc) is 3.00. The fourth-order valence-corrected chi connectivity index (χ4v) is 3.21. The van der Waals surface area contributed by atoms with Gasteiger partial charge in [-0.15, -0.1) is 10.2 Å². The number of hydrogen-bond acceptors (Lipinski definition) is 6. The third-order valence-corrected chi connectivity index (χ3v) is 4.88. The van der Waals surface area contributed by atoms with Gasteiger partial charge in [-0.2, -0.15) is 0 Å². The normalized spacial score (nSPS) is 10.6. The molecule has 0 saturated carbocycles. The van der Waals surface area contributed by atoms with Crippen LogP contribution < -0.4 is 15.9 Å². The molecular weight excluding hydrogens is 386 g/mol. The van der Waals surface area contributed by atoms with E-state index in [-0.39, 0.29) is 11.7 Å². The van der Waals surface area contributed by atoms with Gasteiger partial charge in [0, 0.05) is 17.1 Å². The lowest BCUT2D eigenvalue weighted by molar-refractivity contribution is -0.113. The number of methoxy groups -OCH3 is 1. The van der Waals surface area contributed by atoms with Gasteiger partial charge in [0.1, 0.15) is 5.75 Å². The van der Waals surface area contributed by atoms with E-state index in [0.29, 0.717) is 28.1 Å². The zero-order valence-corrected chi connectivity index (χ0v) is 16.1. The Hall–Kier alpha value is -2.71. The number of nitrogens with one attached hydrogen (secondary N) is 1. The molecule has 0 radical (unpaired) electrons. The summed E-state index contributed by atoms with van der Waals surface area (Å²) in [6.45, 7) is 0. The van der Waals surface area contributed by atoms with Gasteiger partial charge in [0.05, 0.1) is 12.9 Å². The summed E-state index contributed by atoms with van der Waals surface area (Å²) in [5.74, 6) is 7.44. The maximum Gasteiger partial charge on any atom is 0.234 e. The summed E-state index contributed by atoms with van der Waals surface area (Å²) < 4.78 is 6.55. The van der Waals surface area contributed by atoms with Crippen molar-refractivity contribution in [2.24, 2.45) is 0 Å². The first-order valence-corrected chi connectivity index (χ1v) is 9.42. The van der Waals surface area contributed by atoms with Crippen LogP contribution in [0.3, 0.4) is 0 Å². The zero-order valence-electron chi connectivity index (χ0n) is 14.6. The summed E-state index contributed by atoms with van der Waals surface area (Å²) in [4.78, 5) is 12.1. The highest BCUT2D eigenvalue weighted by atomic mass is 35.5. The second kappa shape index (κ2) is 8.79. The summed E-state index contributed by atoms with van der Waals surface area (Å²) in [6, 6.07) is 14.6. The van der Waals surface area contributed by atoms with E-state index in [1.54, 1.807) is 31.4 Å². The van der Waals surface area contributed by atoms with E-state index in [1.807, 2.05) is 24.3 Å². The molecule has 0 aliphatic carbocycles. The molecule has 1 aromatic heterocycles. The number of hydrogen-bond donors (Lipinski definition) is 2. The van der Waals surface area contributed by atoms with Crippen LogP contribution in [-0.2, 0) is 11.2 Å². The van der Waals surface area contributed by atoms with Crippen molar-refractivity contribution in [2.75, 3.05) is 24.0 Å². The molecule has 1 heterocycles. The van der Waals surface area contributed by atoms with E-state index in [0.717, 1.165) is 11.3 Å². The molecule has 7 nitrogen and oxygen atoms in total. The van der Waals surface area contributed by atoms with Crippen molar-refractivity contribution in [3.05, 3.63) is 64.9 Å². The van der Waals surface area contributed by atoms with E-state index in [1.165, 1.54) is 16.4 Å². The molecule has 27 heavy (non-hydrogen) atoms. The maximum atomic E-state index is 12.1. The second-order valence-corrected chi connectivity index (χ2v) is 7.02. The van der Waals surface area contributed by atoms with Gasteiger partial charge in [-0.1, -0.05) is 41.6 Å². The average molecular weight is 404 g/mol. The Kier molecular flexibility index (Phi) is 6.20. The van der Waals surface area contributed by atoms with Crippen molar-refractivity contribution in [3.63, 3.8) is 0 Å². The molecule has 1 amide bonds. The fraction of sp³-hybridized carbons (Fsp3) is 0.167. The SMILES string of the molecule is COc1ccc(Cc2nnc(SCC(=O)Nc3cccc(Cl)c3)n2N)cc1. The third-order valence-electron chi connectivity index (χ3n) is 3.70. The number of anilines is 1.